The van der Waals surface area contributed by atoms with E-state index < -0.39 is 22.1 Å². The number of sulfonamides is 1. The zero-order chi connectivity index (χ0) is 17.2. The van der Waals surface area contributed by atoms with E-state index in [0.717, 1.165) is 5.56 Å². The molecule has 2 amide bonds. The van der Waals surface area contributed by atoms with Gasteiger partial charge in [0.25, 0.3) is 10.0 Å². The van der Waals surface area contributed by atoms with Gasteiger partial charge in [-0.15, -0.1) is 0 Å². The zero-order valence-corrected chi connectivity index (χ0v) is 14.0. The lowest BCUT2D eigenvalue weighted by Crippen LogP contribution is -2.47. The predicted octanol–water partition coefficient (Wildman–Crippen LogP) is 2.81. The lowest BCUT2D eigenvalue weighted by Gasteiger charge is -2.24. The fourth-order valence-electron chi connectivity index (χ4n) is 2.31. The van der Waals surface area contributed by atoms with Crippen LogP contribution in [-0.2, 0) is 10.0 Å². The van der Waals surface area contributed by atoms with Gasteiger partial charge < -0.3 is 5.43 Å². The van der Waals surface area contributed by atoms with Crippen LogP contribution in [0.15, 0.2) is 71.8 Å². The Morgan fingerprint density at radius 2 is 1.75 bits per heavy atom. The Labute approximate surface area is 144 Å². The van der Waals surface area contributed by atoms with Crippen molar-refractivity contribution in [1.29, 1.82) is 0 Å². The molecule has 24 heavy (non-hydrogen) atoms. The molecule has 1 heterocycles. The number of halogens is 1. The maximum atomic E-state index is 12.4. The Morgan fingerprint density at radius 3 is 2.42 bits per heavy atom. The second-order valence-corrected chi connectivity index (χ2v) is 7.20. The van der Waals surface area contributed by atoms with E-state index >= 15 is 0 Å². The number of hydrogen-bond donors (Lipinski definition) is 2. The summed E-state index contributed by atoms with van der Waals surface area (Å²) in [6.45, 7) is 0. The number of hydrogen-bond acceptors (Lipinski definition) is 4. The van der Waals surface area contributed by atoms with Gasteiger partial charge in [0, 0.05) is 11.2 Å². The lowest BCUT2D eigenvalue weighted by atomic mass is 10.1. The Hall–Kier alpha value is -2.51. The Balaban J connectivity index is 1.78. The van der Waals surface area contributed by atoms with Crippen molar-refractivity contribution in [2.24, 2.45) is 0 Å². The van der Waals surface area contributed by atoms with Crippen LogP contribution in [0.1, 0.15) is 11.6 Å². The van der Waals surface area contributed by atoms with Gasteiger partial charge in [-0.05, 0) is 35.9 Å². The second-order valence-electron chi connectivity index (χ2n) is 5.08. The highest BCUT2D eigenvalue weighted by atomic mass is 35.5. The van der Waals surface area contributed by atoms with Crippen LogP contribution in [0.2, 0.25) is 5.02 Å². The highest BCUT2D eigenvalue weighted by Crippen LogP contribution is 2.25. The molecule has 1 aliphatic rings. The Kier molecular flexibility index (Phi) is 4.46. The normalized spacial score (nSPS) is 16.7. The van der Waals surface area contributed by atoms with E-state index in [-0.39, 0.29) is 4.90 Å². The van der Waals surface area contributed by atoms with Gasteiger partial charge in [-0.2, -0.15) is 0 Å². The third-order valence-electron chi connectivity index (χ3n) is 3.48. The van der Waals surface area contributed by atoms with Crippen molar-refractivity contribution >= 4 is 27.7 Å². The van der Waals surface area contributed by atoms with Crippen molar-refractivity contribution < 1.29 is 13.2 Å². The molecule has 2 aromatic rings. The molecule has 8 heteroatoms. The van der Waals surface area contributed by atoms with Crippen LogP contribution in [0.5, 0.6) is 0 Å². The summed E-state index contributed by atoms with van der Waals surface area (Å²) >= 11 is 5.87. The minimum Gasteiger partial charge on any atom is -0.301 e. The Morgan fingerprint density at radius 1 is 1.08 bits per heavy atom. The molecule has 0 fully saturated rings. The molecule has 2 N–H and O–H groups in total. The maximum absolute atomic E-state index is 12.4. The quantitative estimate of drug-likeness (QED) is 0.879. The highest BCUT2D eigenvalue weighted by Gasteiger charge is 2.29. The number of hydrazine groups is 1. The van der Waals surface area contributed by atoms with Crippen molar-refractivity contribution in [2.75, 3.05) is 0 Å². The number of nitrogens with one attached hydrogen (secondary N) is 2. The topological polar surface area (TPSA) is 78.5 Å². The first kappa shape index (κ1) is 16.4. The number of rotatable bonds is 3. The van der Waals surface area contributed by atoms with Gasteiger partial charge in [0.1, 0.15) is 0 Å². The number of urea groups is 1. The van der Waals surface area contributed by atoms with Gasteiger partial charge in [-0.1, -0.05) is 41.9 Å². The standard InChI is InChI=1S/C16H14ClN3O3S/c17-13-8-6-12(7-9-13)15-10-11-18-20(15)16(21)19-24(22,23)14-4-2-1-3-5-14/h1-11,15,18H,(H,19,21). The van der Waals surface area contributed by atoms with Crippen LogP contribution < -0.4 is 10.1 Å². The number of carbonyl (C=O) groups excluding carboxylic acids is 1. The van der Waals surface area contributed by atoms with Gasteiger partial charge in [-0.25, -0.2) is 22.9 Å². The lowest BCUT2D eigenvalue weighted by molar-refractivity contribution is 0.181. The summed E-state index contributed by atoms with van der Waals surface area (Å²) < 4.78 is 26.6. The summed E-state index contributed by atoms with van der Waals surface area (Å²) in [4.78, 5) is 12.4. The molecule has 1 unspecified atom stereocenters. The molecule has 0 saturated heterocycles. The molecule has 0 aliphatic carbocycles. The zero-order valence-electron chi connectivity index (χ0n) is 12.4. The van der Waals surface area contributed by atoms with Gasteiger partial charge in [0.05, 0.1) is 10.9 Å². The van der Waals surface area contributed by atoms with Gasteiger partial charge in [0.15, 0.2) is 0 Å². The first-order valence-corrected chi connectivity index (χ1v) is 8.93. The fourth-order valence-corrected chi connectivity index (χ4v) is 3.40. The summed E-state index contributed by atoms with van der Waals surface area (Å²) in [5.41, 5.74) is 3.54. The first-order valence-electron chi connectivity index (χ1n) is 7.07. The van der Waals surface area contributed by atoms with Gasteiger partial charge in [0.2, 0.25) is 0 Å². The molecule has 2 aromatic carbocycles. The average Bonchev–Trinajstić information content (AvgIpc) is 3.06. The van der Waals surface area contributed by atoms with Gasteiger partial charge >= 0.3 is 6.03 Å². The molecule has 124 valence electrons. The summed E-state index contributed by atoms with van der Waals surface area (Å²) in [6, 6.07) is 13.5. The SMILES string of the molecule is O=C(NS(=O)(=O)c1ccccc1)N1NC=CC1c1ccc(Cl)cc1. The van der Waals surface area contributed by atoms with Crippen molar-refractivity contribution in [3.05, 3.63) is 77.5 Å². The van der Waals surface area contributed by atoms with Crippen molar-refractivity contribution in [2.45, 2.75) is 10.9 Å². The number of benzene rings is 2. The largest absolute Gasteiger partial charge is 0.350 e. The number of carbonyl (C=O) groups is 1. The van der Waals surface area contributed by atoms with E-state index in [4.69, 9.17) is 11.6 Å². The smallest absolute Gasteiger partial charge is 0.301 e. The summed E-state index contributed by atoms with van der Waals surface area (Å²) in [6.07, 6.45) is 3.33. The van der Waals surface area contributed by atoms with Crippen molar-refractivity contribution in [3.8, 4) is 0 Å². The fraction of sp³-hybridized carbons (Fsp3) is 0.0625. The van der Waals surface area contributed by atoms with E-state index in [9.17, 15) is 13.2 Å². The molecule has 0 radical (unpaired) electrons. The van der Waals surface area contributed by atoms with Crippen molar-refractivity contribution in [3.63, 3.8) is 0 Å². The van der Waals surface area contributed by atoms with Crippen LogP contribution in [-0.4, -0.2) is 19.5 Å². The summed E-state index contributed by atoms with van der Waals surface area (Å²) in [5, 5.41) is 1.78. The summed E-state index contributed by atoms with van der Waals surface area (Å²) in [7, 11) is -3.94. The molecule has 0 bridgehead atoms. The van der Waals surface area contributed by atoms with E-state index in [1.165, 1.54) is 17.1 Å². The predicted molar refractivity (Wildman–Crippen MR) is 90.5 cm³/mol. The van der Waals surface area contributed by atoms with Crippen molar-refractivity contribution in [1.82, 2.24) is 15.2 Å². The minimum absolute atomic E-state index is 0.0218. The number of nitrogens with zero attached hydrogens (tertiary/aromatic N) is 1. The average molecular weight is 364 g/mol. The molecule has 1 aliphatic heterocycles. The molecule has 1 atom stereocenters. The molecule has 0 spiro atoms. The Bertz CT molecular complexity index is 867. The summed E-state index contributed by atoms with van der Waals surface area (Å²) in [5.74, 6) is 0. The van der Waals surface area contributed by atoms with E-state index in [2.05, 4.69) is 10.1 Å². The molecule has 0 aromatic heterocycles. The maximum Gasteiger partial charge on any atom is 0.350 e. The highest BCUT2D eigenvalue weighted by molar-refractivity contribution is 7.90. The second kappa shape index (κ2) is 6.54. The molecule has 6 nitrogen and oxygen atoms in total. The van der Waals surface area contributed by atoms with E-state index in [1.807, 2.05) is 0 Å². The van der Waals surface area contributed by atoms with E-state index in [1.54, 1.807) is 54.7 Å². The third-order valence-corrected chi connectivity index (χ3v) is 5.06. The van der Waals surface area contributed by atoms with Crippen LogP contribution in [0.3, 0.4) is 0 Å². The molecule has 3 rings (SSSR count). The van der Waals surface area contributed by atoms with E-state index in [0.29, 0.717) is 5.02 Å². The van der Waals surface area contributed by atoms with Crippen LogP contribution >= 0.6 is 11.6 Å². The minimum atomic E-state index is -3.94. The monoisotopic (exact) mass is 363 g/mol. The molecule has 0 saturated carbocycles. The first-order chi connectivity index (χ1) is 11.5. The van der Waals surface area contributed by atoms with Crippen LogP contribution in [0.25, 0.3) is 0 Å². The number of amides is 2. The third kappa shape index (κ3) is 3.37. The van der Waals surface area contributed by atoms with Gasteiger partial charge in [-0.3, -0.25) is 0 Å². The molecular weight excluding hydrogens is 350 g/mol. The van der Waals surface area contributed by atoms with Crippen LogP contribution in [0, 0.1) is 0 Å². The molecular formula is C16H14ClN3O3S. The van der Waals surface area contributed by atoms with Crippen LogP contribution in [0.4, 0.5) is 4.79 Å².